The van der Waals surface area contributed by atoms with Gasteiger partial charge in [0.2, 0.25) is 11.9 Å². The van der Waals surface area contributed by atoms with Crippen LogP contribution in [0, 0.1) is 17.4 Å². The Labute approximate surface area is 195 Å². The summed E-state index contributed by atoms with van der Waals surface area (Å²) in [6.07, 6.45) is 15.1. The quantitative estimate of drug-likeness (QED) is 0.196. The molecule has 0 aliphatic carbocycles. The van der Waals surface area contributed by atoms with E-state index in [0.29, 0.717) is 25.0 Å². The van der Waals surface area contributed by atoms with E-state index in [4.69, 9.17) is 9.73 Å². The molecule has 1 unspecified atom stereocenters. The molecular formula is C24H32N6OS. The number of allylic oxidation sites excluding steroid dienone is 1. The lowest BCUT2D eigenvalue weighted by Gasteiger charge is -2.27. The fraction of sp³-hybridized carbons (Fsp3) is 0.500. The van der Waals surface area contributed by atoms with Gasteiger partial charge in [0.25, 0.3) is 0 Å². The molecule has 3 rings (SSSR count). The first kappa shape index (κ1) is 23.9. The van der Waals surface area contributed by atoms with Crippen LogP contribution in [0.1, 0.15) is 45.6 Å². The summed E-state index contributed by atoms with van der Waals surface area (Å²) in [6.45, 7) is 7.53. The van der Waals surface area contributed by atoms with E-state index in [1.807, 2.05) is 35.8 Å². The minimum atomic E-state index is -0.217. The molecule has 1 atom stereocenters. The molecule has 2 aliphatic rings. The zero-order chi connectivity index (χ0) is 22.8. The Morgan fingerprint density at radius 1 is 1.47 bits per heavy atom. The lowest BCUT2D eigenvalue weighted by atomic mass is 9.92. The molecule has 0 radical (unpaired) electrons. The fourth-order valence-corrected chi connectivity index (χ4v) is 4.24. The number of unbranched alkanes of at least 4 members (excludes halogenated alkanes) is 1. The molecule has 1 aromatic heterocycles. The predicted molar refractivity (Wildman–Crippen MR) is 131 cm³/mol. The largest absolute Gasteiger partial charge is 0.475 e. The highest BCUT2D eigenvalue weighted by atomic mass is 32.2. The van der Waals surface area contributed by atoms with Crippen molar-refractivity contribution in [3.8, 4) is 6.19 Å². The molecule has 170 valence electrons. The Kier molecular flexibility index (Phi) is 8.74. The standard InChI is InChI=1S/C24H32N6OS/c1-4-5-8-20-9-12-30(15-21(20)22-29-24(2,3)17-31-22)23(28-18-25)27-11-13-32-16-19-7-6-10-26-14-19/h6-7,9-10,12,14-15,20H,4-5,8,11,13,16-17H2,1-3H3,(H,27,28). The molecule has 32 heavy (non-hydrogen) atoms. The van der Waals surface area contributed by atoms with Gasteiger partial charge in [-0.3, -0.25) is 20.2 Å². The van der Waals surface area contributed by atoms with Gasteiger partial charge >= 0.3 is 0 Å². The molecule has 2 aliphatic heterocycles. The molecule has 1 aromatic rings. The molecule has 0 saturated heterocycles. The van der Waals surface area contributed by atoms with E-state index in [1.165, 1.54) is 5.56 Å². The number of aliphatic imine (C=N–C) groups is 2. The van der Waals surface area contributed by atoms with Crippen molar-refractivity contribution in [2.45, 2.75) is 51.3 Å². The number of rotatable bonds is 9. The van der Waals surface area contributed by atoms with Crippen LogP contribution in [0.5, 0.6) is 0 Å². The van der Waals surface area contributed by atoms with E-state index in [2.05, 4.69) is 48.2 Å². The average molecular weight is 453 g/mol. The van der Waals surface area contributed by atoms with Crippen molar-refractivity contribution in [1.29, 1.82) is 5.26 Å². The van der Waals surface area contributed by atoms with E-state index in [1.54, 1.807) is 18.0 Å². The normalized spacial score (nSPS) is 19.8. The third-order valence-corrected chi connectivity index (χ3v) is 6.15. The highest BCUT2D eigenvalue weighted by molar-refractivity contribution is 7.98. The lowest BCUT2D eigenvalue weighted by molar-refractivity contribution is 0.277. The minimum absolute atomic E-state index is 0.217. The highest BCUT2D eigenvalue weighted by Gasteiger charge is 2.32. The molecule has 0 bridgehead atoms. The van der Waals surface area contributed by atoms with Gasteiger partial charge in [0, 0.05) is 47.8 Å². The smallest absolute Gasteiger partial charge is 0.215 e. The van der Waals surface area contributed by atoms with Crippen molar-refractivity contribution in [1.82, 2.24) is 15.2 Å². The summed E-state index contributed by atoms with van der Waals surface area (Å²) in [7, 11) is 0. The Morgan fingerprint density at radius 2 is 2.34 bits per heavy atom. The van der Waals surface area contributed by atoms with Crippen molar-refractivity contribution >= 4 is 23.6 Å². The highest BCUT2D eigenvalue weighted by Crippen LogP contribution is 2.30. The number of pyridine rings is 1. The zero-order valence-electron chi connectivity index (χ0n) is 19.1. The van der Waals surface area contributed by atoms with Gasteiger partial charge in [-0.15, -0.1) is 0 Å². The molecule has 0 amide bonds. The van der Waals surface area contributed by atoms with E-state index in [9.17, 15) is 5.26 Å². The summed E-state index contributed by atoms with van der Waals surface area (Å²) in [4.78, 5) is 15.4. The molecule has 0 fully saturated rings. The van der Waals surface area contributed by atoms with Gasteiger partial charge in [-0.2, -0.15) is 17.0 Å². The van der Waals surface area contributed by atoms with Gasteiger partial charge in [-0.25, -0.2) is 4.99 Å². The monoisotopic (exact) mass is 452 g/mol. The number of guanidine groups is 1. The summed E-state index contributed by atoms with van der Waals surface area (Å²) in [5.41, 5.74) is 2.02. The summed E-state index contributed by atoms with van der Waals surface area (Å²) in [5.74, 6) is 3.20. The minimum Gasteiger partial charge on any atom is -0.475 e. The van der Waals surface area contributed by atoms with E-state index < -0.39 is 0 Å². The van der Waals surface area contributed by atoms with Crippen LogP contribution in [-0.2, 0) is 10.5 Å². The summed E-state index contributed by atoms with van der Waals surface area (Å²) in [5, 5.41) is 12.0. The summed E-state index contributed by atoms with van der Waals surface area (Å²) >= 11 is 1.79. The number of aromatic nitrogens is 1. The number of thioether (sulfide) groups is 1. The second-order valence-corrected chi connectivity index (χ2v) is 9.56. The molecule has 3 heterocycles. The Hall–Kier alpha value is -2.79. The van der Waals surface area contributed by atoms with Crippen LogP contribution in [0.3, 0.4) is 0 Å². The topological polar surface area (TPSA) is 85.9 Å². The van der Waals surface area contributed by atoms with E-state index in [-0.39, 0.29) is 11.5 Å². The number of hydrogen-bond acceptors (Lipinski definition) is 6. The van der Waals surface area contributed by atoms with Crippen LogP contribution in [0.4, 0.5) is 0 Å². The van der Waals surface area contributed by atoms with Crippen LogP contribution in [0.15, 0.2) is 58.6 Å². The molecule has 0 saturated carbocycles. The number of ether oxygens (including phenoxy) is 1. The second kappa shape index (κ2) is 11.7. The van der Waals surface area contributed by atoms with Crippen LogP contribution in [-0.4, -0.2) is 46.2 Å². The fourth-order valence-electron chi connectivity index (χ4n) is 3.47. The number of hydrogen-bond donors (Lipinski definition) is 1. The first-order valence-corrected chi connectivity index (χ1v) is 12.3. The first-order chi connectivity index (χ1) is 15.5. The molecular weight excluding hydrogens is 420 g/mol. The first-order valence-electron chi connectivity index (χ1n) is 11.1. The maximum Gasteiger partial charge on any atom is 0.215 e. The SMILES string of the molecule is CCCCC1C=CN(C(=NCCSCc2cccnc2)NC#N)C=C1C1=NC(C)(C)CO1. The Bertz CT molecular complexity index is 916. The Balaban J connectivity index is 1.69. The Morgan fingerprint density at radius 3 is 3.03 bits per heavy atom. The third-order valence-electron chi connectivity index (χ3n) is 5.14. The molecule has 1 N–H and O–H groups in total. The van der Waals surface area contributed by atoms with Gasteiger partial charge in [0.1, 0.15) is 6.61 Å². The maximum absolute atomic E-state index is 9.26. The third kappa shape index (κ3) is 6.86. The maximum atomic E-state index is 9.26. The number of nitriles is 1. The average Bonchev–Trinajstić information content (AvgIpc) is 3.17. The van der Waals surface area contributed by atoms with Gasteiger partial charge in [-0.05, 0) is 31.9 Å². The van der Waals surface area contributed by atoms with E-state index >= 15 is 0 Å². The van der Waals surface area contributed by atoms with Gasteiger partial charge in [0.15, 0.2) is 6.19 Å². The molecule has 0 aromatic carbocycles. The number of nitrogens with one attached hydrogen (secondary N) is 1. The number of nitrogens with zero attached hydrogens (tertiary/aromatic N) is 5. The van der Waals surface area contributed by atoms with Crippen molar-refractivity contribution in [2.75, 3.05) is 18.9 Å². The molecule has 0 spiro atoms. The van der Waals surface area contributed by atoms with Crippen molar-refractivity contribution in [3.63, 3.8) is 0 Å². The lowest BCUT2D eigenvalue weighted by Crippen LogP contribution is -2.35. The summed E-state index contributed by atoms with van der Waals surface area (Å²) < 4.78 is 5.95. The second-order valence-electron chi connectivity index (χ2n) is 8.46. The zero-order valence-corrected chi connectivity index (χ0v) is 19.9. The van der Waals surface area contributed by atoms with Crippen LogP contribution in [0.25, 0.3) is 0 Å². The van der Waals surface area contributed by atoms with Crippen LogP contribution >= 0.6 is 11.8 Å². The van der Waals surface area contributed by atoms with Crippen LogP contribution < -0.4 is 5.32 Å². The van der Waals surface area contributed by atoms with Crippen molar-refractivity contribution in [2.24, 2.45) is 15.9 Å². The predicted octanol–water partition coefficient (Wildman–Crippen LogP) is 4.47. The van der Waals surface area contributed by atoms with Crippen molar-refractivity contribution in [3.05, 3.63) is 54.1 Å². The van der Waals surface area contributed by atoms with Gasteiger partial charge in [0.05, 0.1) is 12.1 Å². The van der Waals surface area contributed by atoms with Gasteiger partial charge < -0.3 is 4.74 Å². The van der Waals surface area contributed by atoms with E-state index in [0.717, 1.165) is 36.3 Å². The van der Waals surface area contributed by atoms with Gasteiger partial charge in [-0.1, -0.05) is 31.9 Å². The molecule has 8 heteroatoms. The molecule has 7 nitrogen and oxygen atoms in total. The summed E-state index contributed by atoms with van der Waals surface area (Å²) in [6, 6.07) is 4.02. The van der Waals surface area contributed by atoms with Crippen LogP contribution in [0.2, 0.25) is 0 Å². The van der Waals surface area contributed by atoms with Crippen molar-refractivity contribution < 1.29 is 4.74 Å².